The molecule has 1 N–H and O–H groups in total. The number of rotatable bonds is 5. The number of aryl methyl sites for hydroxylation is 1. The van der Waals surface area contributed by atoms with Gasteiger partial charge < -0.3 is 5.32 Å². The fourth-order valence-electron chi connectivity index (χ4n) is 2.49. The van der Waals surface area contributed by atoms with Crippen molar-refractivity contribution >= 4 is 16.9 Å². The Morgan fingerprint density at radius 1 is 1.30 bits per heavy atom. The van der Waals surface area contributed by atoms with Crippen molar-refractivity contribution in [2.45, 2.75) is 39.3 Å². The molecule has 0 spiro atoms. The van der Waals surface area contributed by atoms with Crippen LogP contribution in [0.5, 0.6) is 0 Å². The molecule has 0 saturated heterocycles. The van der Waals surface area contributed by atoms with Gasteiger partial charge in [0.15, 0.2) is 0 Å². The second kappa shape index (κ2) is 5.94. The maximum Gasteiger partial charge on any atom is 0.329 e. The van der Waals surface area contributed by atoms with Crippen LogP contribution in [-0.2, 0) is 18.4 Å². The molecule has 2 rings (SSSR count). The first kappa shape index (κ1) is 14.4. The lowest BCUT2D eigenvalue weighted by molar-refractivity contribution is -0.122. The van der Waals surface area contributed by atoms with E-state index in [0.29, 0.717) is 0 Å². The third kappa shape index (κ3) is 2.76. The predicted octanol–water partition coefficient (Wildman–Crippen LogP) is 1.64. The zero-order valence-corrected chi connectivity index (χ0v) is 12.2. The van der Waals surface area contributed by atoms with Crippen LogP contribution in [0.3, 0.4) is 0 Å². The fraction of sp³-hybridized carbons (Fsp3) is 0.467. The summed E-state index contributed by atoms with van der Waals surface area (Å²) in [5, 5.41) is 2.92. The number of para-hydroxylation sites is 2. The molecule has 0 saturated carbocycles. The number of fused-ring (bicyclic) bond motifs is 1. The molecule has 20 heavy (non-hydrogen) atoms. The van der Waals surface area contributed by atoms with Crippen LogP contribution < -0.4 is 11.0 Å². The monoisotopic (exact) mass is 275 g/mol. The van der Waals surface area contributed by atoms with E-state index in [4.69, 9.17) is 0 Å². The number of benzene rings is 1. The van der Waals surface area contributed by atoms with Gasteiger partial charge in [0, 0.05) is 13.1 Å². The van der Waals surface area contributed by atoms with Gasteiger partial charge >= 0.3 is 5.69 Å². The summed E-state index contributed by atoms with van der Waals surface area (Å²) in [4.78, 5) is 24.2. The Balaban J connectivity index is 2.24. The smallest absolute Gasteiger partial charge is 0.329 e. The van der Waals surface area contributed by atoms with Gasteiger partial charge in [0.25, 0.3) is 0 Å². The van der Waals surface area contributed by atoms with Crippen LogP contribution in [0, 0.1) is 0 Å². The van der Waals surface area contributed by atoms with E-state index in [2.05, 4.69) is 12.2 Å². The molecule has 0 radical (unpaired) electrons. The number of nitrogens with zero attached hydrogens (tertiary/aromatic N) is 2. The largest absolute Gasteiger partial charge is 0.352 e. The summed E-state index contributed by atoms with van der Waals surface area (Å²) in [5.41, 5.74) is 1.47. The average Bonchev–Trinajstić information content (AvgIpc) is 2.65. The van der Waals surface area contributed by atoms with Crippen molar-refractivity contribution in [2.24, 2.45) is 7.05 Å². The Hall–Kier alpha value is -2.04. The van der Waals surface area contributed by atoms with Crippen molar-refractivity contribution in [3.05, 3.63) is 34.7 Å². The zero-order valence-electron chi connectivity index (χ0n) is 12.2. The van der Waals surface area contributed by atoms with Gasteiger partial charge in [-0.05, 0) is 25.5 Å². The third-order valence-corrected chi connectivity index (χ3v) is 3.48. The lowest BCUT2D eigenvalue weighted by Gasteiger charge is -2.12. The number of hydrogen-bond acceptors (Lipinski definition) is 2. The summed E-state index contributed by atoms with van der Waals surface area (Å²) < 4.78 is 3.08. The van der Waals surface area contributed by atoms with Gasteiger partial charge in [0.2, 0.25) is 5.91 Å². The van der Waals surface area contributed by atoms with Gasteiger partial charge in [-0.2, -0.15) is 0 Å². The molecule has 0 aliphatic carbocycles. The zero-order chi connectivity index (χ0) is 14.7. The van der Waals surface area contributed by atoms with E-state index in [1.807, 2.05) is 31.2 Å². The van der Waals surface area contributed by atoms with E-state index in [1.165, 1.54) is 4.57 Å². The molecule has 1 heterocycles. The molecule has 1 amide bonds. The summed E-state index contributed by atoms with van der Waals surface area (Å²) >= 11 is 0. The maximum absolute atomic E-state index is 12.2. The van der Waals surface area contributed by atoms with Crippen molar-refractivity contribution < 1.29 is 4.79 Å². The van der Waals surface area contributed by atoms with Crippen LogP contribution in [-0.4, -0.2) is 21.1 Å². The van der Waals surface area contributed by atoms with Gasteiger partial charge in [-0.15, -0.1) is 0 Å². The van der Waals surface area contributed by atoms with Gasteiger partial charge in [0.05, 0.1) is 11.0 Å². The molecule has 0 bridgehead atoms. The summed E-state index contributed by atoms with van der Waals surface area (Å²) in [5.74, 6) is -0.121. The highest BCUT2D eigenvalue weighted by molar-refractivity contribution is 5.81. The fourth-order valence-corrected chi connectivity index (χ4v) is 2.49. The molecule has 1 aromatic heterocycles. The Bertz CT molecular complexity index is 669. The van der Waals surface area contributed by atoms with E-state index >= 15 is 0 Å². The second-order valence-corrected chi connectivity index (χ2v) is 5.17. The minimum absolute atomic E-state index is 0.0637. The molecule has 0 aliphatic heterocycles. The number of imidazole rings is 1. The molecule has 1 aromatic carbocycles. The first-order valence-electron chi connectivity index (χ1n) is 6.98. The SMILES string of the molecule is CCC[C@@H](C)NC(=O)Cn1c(=O)n(C)c2ccccc21. The van der Waals surface area contributed by atoms with Crippen LogP contribution in [0.15, 0.2) is 29.1 Å². The summed E-state index contributed by atoms with van der Waals surface area (Å²) in [6, 6.07) is 7.63. The van der Waals surface area contributed by atoms with E-state index < -0.39 is 0 Å². The van der Waals surface area contributed by atoms with E-state index in [-0.39, 0.29) is 24.2 Å². The normalized spacial score (nSPS) is 12.6. The number of hydrogen-bond donors (Lipinski definition) is 1. The molecular weight excluding hydrogens is 254 g/mol. The van der Waals surface area contributed by atoms with Gasteiger partial charge in [-0.25, -0.2) is 4.79 Å². The van der Waals surface area contributed by atoms with Gasteiger partial charge in [-0.1, -0.05) is 25.5 Å². The minimum Gasteiger partial charge on any atom is -0.352 e. The van der Waals surface area contributed by atoms with Crippen molar-refractivity contribution in [3.63, 3.8) is 0 Å². The summed E-state index contributed by atoms with van der Waals surface area (Å²) in [6.07, 6.45) is 1.96. The van der Waals surface area contributed by atoms with Crippen LogP contribution >= 0.6 is 0 Å². The topological polar surface area (TPSA) is 56.0 Å². The third-order valence-electron chi connectivity index (χ3n) is 3.48. The standard InChI is InChI=1S/C15H21N3O2/c1-4-7-11(2)16-14(19)10-18-13-9-6-5-8-12(13)17(3)15(18)20/h5-6,8-9,11H,4,7,10H2,1-3H3,(H,16,19)/t11-/m1/s1. The highest BCUT2D eigenvalue weighted by atomic mass is 16.2. The average molecular weight is 275 g/mol. The van der Waals surface area contributed by atoms with Crippen LogP contribution in [0.4, 0.5) is 0 Å². The highest BCUT2D eigenvalue weighted by Gasteiger charge is 2.14. The van der Waals surface area contributed by atoms with Gasteiger partial charge in [0.1, 0.15) is 6.54 Å². The van der Waals surface area contributed by atoms with Crippen molar-refractivity contribution in [3.8, 4) is 0 Å². The Morgan fingerprint density at radius 3 is 2.60 bits per heavy atom. The van der Waals surface area contributed by atoms with Crippen LogP contribution in [0.25, 0.3) is 11.0 Å². The van der Waals surface area contributed by atoms with Crippen LogP contribution in [0.2, 0.25) is 0 Å². The molecule has 0 unspecified atom stereocenters. The molecule has 0 aliphatic rings. The van der Waals surface area contributed by atoms with E-state index in [1.54, 1.807) is 11.6 Å². The van der Waals surface area contributed by atoms with E-state index in [9.17, 15) is 9.59 Å². The van der Waals surface area contributed by atoms with Crippen LogP contribution in [0.1, 0.15) is 26.7 Å². The highest BCUT2D eigenvalue weighted by Crippen LogP contribution is 2.11. The van der Waals surface area contributed by atoms with Crippen molar-refractivity contribution in [1.29, 1.82) is 0 Å². The molecule has 1 atom stereocenters. The predicted molar refractivity (Wildman–Crippen MR) is 79.7 cm³/mol. The maximum atomic E-state index is 12.2. The van der Waals surface area contributed by atoms with Crippen molar-refractivity contribution in [2.75, 3.05) is 0 Å². The first-order valence-corrected chi connectivity index (χ1v) is 6.98. The Labute approximate surface area is 118 Å². The number of aromatic nitrogens is 2. The number of carbonyl (C=O) groups is 1. The molecule has 5 heteroatoms. The molecular formula is C15H21N3O2. The summed E-state index contributed by atoms with van der Waals surface area (Å²) in [6.45, 7) is 4.12. The molecule has 0 fully saturated rings. The van der Waals surface area contributed by atoms with Gasteiger partial charge in [-0.3, -0.25) is 13.9 Å². The molecule has 5 nitrogen and oxygen atoms in total. The first-order chi connectivity index (χ1) is 9.54. The summed E-state index contributed by atoms with van der Waals surface area (Å²) in [7, 11) is 1.72. The molecule has 108 valence electrons. The quantitative estimate of drug-likeness (QED) is 0.902. The lowest BCUT2D eigenvalue weighted by Crippen LogP contribution is -2.37. The number of nitrogens with one attached hydrogen (secondary N) is 1. The van der Waals surface area contributed by atoms with Crippen molar-refractivity contribution in [1.82, 2.24) is 14.5 Å². The number of carbonyl (C=O) groups excluding carboxylic acids is 1. The van der Waals surface area contributed by atoms with E-state index in [0.717, 1.165) is 23.9 Å². The second-order valence-electron chi connectivity index (χ2n) is 5.17. The lowest BCUT2D eigenvalue weighted by atomic mass is 10.2. The Morgan fingerprint density at radius 2 is 1.95 bits per heavy atom. The Kier molecular flexibility index (Phi) is 4.27. The molecule has 2 aromatic rings. The number of amides is 1. The minimum atomic E-state index is -0.163.